The molecule has 4 aromatic rings. The number of hydrogen-bond donors (Lipinski definition) is 0. The summed E-state index contributed by atoms with van der Waals surface area (Å²) in [6.07, 6.45) is 1.70. The first-order chi connectivity index (χ1) is 10.2. The predicted molar refractivity (Wildman–Crippen MR) is 85.3 cm³/mol. The number of nitrogens with zero attached hydrogens (tertiary/aromatic N) is 3. The minimum Gasteiger partial charge on any atom is -0.267 e. The molecular formula is C16H11N3OS. The first-order valence-electron chi connectivity index (χ1n) is 6.57. The van der Waals surface area contributed by atoms with E-state index in [-0.39, 0.29) is 5.56 Å². The Kier molecular flexibility index (Phi) is 2.62. The Hall–Kier alpha value is -2.53. The van der Waals surface area contributed by atoms with Gasteiger partial charge in [-0.15, -0.1) is 0 Å². The molecule has 5 heteroatoms. The van der Waals surface area contributed by atoms with Crippen LogP contribution >= 0.6 is 11.3 Å². The van der Waals surface area contributed by atoms with Gasteiger partial charge in [-0.1, -0.05) is 35.6 Å². The van der Waals surface area contributed by atoms with E-state index < -0.39 is 0 Å². The van der Waals surface area contributed by atoms with Crippen molar-refractivity contribution in [2.75, 3.05) is 0 Å². The molecule has 0 aliphatic carbocycles. The van der Waals surface area contributed by atoms with Crippen molar-refractivity contribution in [1.82, 2.24) is 14.8 Å². The van der Waals surface area contributed by atoms with Crippen molar-refractivity contribution in [1.29, 1.82) is 0 Å². The van der Waals surface area contributed by atoms with E-state index in [0.29, 0.717) is 10.5 Å². The maximum atomic E-state index is 12.5. The zero-order valence-corrected chi connectivity index (χ0v) is 12.1. The summed E-state index contributed by atoms with van der Waals surface area (Å²) in [7, 11) is 0. The number of aromatic nitrogens is 3. The molecule has 0 saturated heterocycles. The number of fused-ring (bicyclic) bond motifs is 2. The lowest BCUT2D eigenvalue weighted by Gasteiger charge is -2.01. The SMILES string of the molecule is Cc1ccc2nc(-n3ncc4ccccc4c3=O)sc2c1. The van der Waals surface area contributed by atoms with Gasteiger partial charge in [0, 0.05) is 5.39 Å². The van der Waals surface area contributed by atoms with Crippen LogP contribution < -0.4 is 5.56 Å². The summed E-state index contributed by atoms with van der Waals surface area (Å²) in [6, 6.07) is 13.5. The van der Waals surface area contributed by atoms with Crippen molar-refractivity contribution in [3.05, 3.63) is 64.6 Å². The monoisotopic (exact) mass is 293 g/mol. The molecule has 0 radical (unpaired) electrons. The third-order valence-electron chi connectivity index (χ3n) is 3.41. The lowest BCUT2D eigenvalue weighted by atomic mass is 10.2. The first kappa shape index (κ1) is 12.2. The zero-order chi connectivity index (χ0) is 14.4. The molecule has 0 spiro atoms. The maximum absolute atomic E-state index is 12.5. The van der Waals surface area contributed by atoms with E-state index in [1.165, 1.54) is 21.6 Å². The predicted octanol–water partition coefficient (Wildman–Crippen LogP) is 3.30. The van der Waals surface area contributed by atoms with Gasteiger partial charge >= 0.3 is 0 Å². The second-order valence-electron chi connectivity index (χ2n) is 4.92. The standard InChI is InChI=1S/C16H11N3OS/c1-10-6-7-13-14(8-10)21-16(18-13)19-15(20)12-5-3-2-4-11(12)9-17-19/h2-9H,1H3. The van der Waals surface area contributed by atoms with Crippen LogP contribution in [0.1, 0.15) is 5.56 Å². The quantitative estimate of drug-likeness (QED) is 0.541. The van der Waals surface area contributed by atoms with Crippen LogP contribution in [0.3, 0.4) is 0 Å². The molecule has 0 aliphatic rings. The van der Waals surface area contributed by atoms with Crippen molar-refractivity contribution in [2.45, 2.75) is 6.92 Å². The summed E-state index contributed by atoms with van der Waals surface area (Å²) in [5.74, 6) is 0. The van der Waals surface area contributed by atoms with Gasteiger partial charge in [0.1, 0.15) is 0 Å². The zero-order valence-electron chi connectivity index (χ0n) is 11.3. The fraction of sp³-hybridized carbons (Fsp3) is 0.0625. The molecule has 4 rings (SSSR count). The van der Waals surface area contributed by atoms with E-state index in [4.69, 9.17) is 0 Å². The van der Waals surface area contributed by atoms with Crippen molar-refractivity contribution >= 4 is 32.3 Å². The first-order valence-corrected chi connectivity index (χ1v) is 7.39. The smallest absolute Gasteiger partial charge is 0.267 e. The van der Waals surface area contributed by atoms with Crippen LogP contribution in [-0.4, -0.2) is 14.8 Å². The summed E-state index contributed by atoms with van der Waals surface area (Å²) < 4.78 is 2.44. The van der Waals surface area contributed by atoms with Crippen LogP contribution in [0.5, 0.6) is 0 Å². The van der Waals surface area contributed by atoms with E-state index >= 15 is 0 Å². The van der Waals surface area contributed by atoms with Gasteiger partial charge in [0.25, 0.3) is 5.56 Å². The van der Waals surface area contributed by atoms with Gasteiger partial charge in [-0.05, 0) is 30.7 Å². The molecule has 21 heavy (non-hydrogen) atoms. The van der Waals surface area contributed by atoms with Crippen molar-refractivity contribution < 1.29 is 0 Å². The second-order valence-corrected chi connectivity index (χ2v) is 5.93. The Morgan fingerprint density at radius 1 is 1.14 bits per heavy atom. The van der Waals surface area contributed by atoms with Crippen LogP contribution in [0.2, 0.25) is 0 Å². The Morgan fingerprint density at radius 3 is 2.90 bits per heavy atom. The number of hydrogen-bond acceptors (Lipinski definition) is 4. The lowest BCUT2D eigenvalue weighted by Crippen LogP contribution is -2.20. The van der Waals surface area contributed by atoms with Gasteiger partial charge < -0.3 is 0 Å². The van der Waals surface area contributed by atoms with Gasteiger partial charge in [0.2, 0.25) is 5.13 Å². The normalized spacial score (nSPS) is 11.3. The van der Waals surface area contributed by atoms with E-state index in [1.54, 1.807) is 6.20 Å². The Balaban J connectivity index is 1.99. The summed E-state index contributed by atoms with van der Waals surface area (Å²) >= 11 is 1.48. The highest BCUT2D eigenvalue weighted by Crippen LogP contribution is 2.24. The van der Waals surface area contributed by atoms with Crippen LogP contribution in [0, 0.1) is 6.92 Å². The van der Waals surface area contributed by atoms with Crippen LogP contribution in [-0.2, 0) is 0 Å². The van der Waals surface area contributed by atoms with Gasteiger partial charge in [-0.3, -0.25) is 4.79 Å². The molecule has 0 bridgehead atoms. The average Bonchev–Trinajstić information content (AvgIpc) is 2.90. The lowest BCUT2D eigenvalue weighted by molar-refractivity contribution is 0.815. The number of aryl methyl sites for hydroxylation is 1. The number of rotatable bonds is 1. The Labute approximate surface area is 124 Å². The van der Waals surface area contributed by atoms with Gasteiger partial charge in [-0.25, -0.2) is 4.98 Å². The van der Waals surface area contributed by atoms with Gasteiger partial charge in [-0.2, -0.15) is 9.78 Å². The van der Waals surface area contributed by atoms with Gasteiger partial charge in [0.15, 0.2) is 0 Å². The minimum atomic E-state index is -0.135. The molecule has 0 N–H and O–H groups in total. The summed E-state index contributed by atoms with van der Waals surface area (Å²) in [5.41, 5.74) is 1.93. The highest BCUT2D eigenvalue weighted by atomic mass is 32.1. The molecule has 2 aromatic carbocycles. The third kappa shape index (κ3) is 1.94. The van der Waals surface area contributed by atoms with Crippen molar-refractivity contribution in [3.8, 4) is 5.13 Å². The average molecular weight is 293 g/mol. The van der Waals surface area contributed by atoms with E-state index in [1.807, 2.05) is 43.3 Å². The Bertz CT molecular complexity index is 1030. The van der Waals surface area contributed by atoms with Crippen molar-refractivity contribution in [2.24, 2.45) is 0 Å². The molecular weight excluding hydrogens is 282 g/mol. The molecule has 0 saturated carbocycles. The molecule has 0 unspecified atom stereocenters. The van der Waals surface area contributed by atoms with Crippen LogP contribution in [0.4, 0.5) is 0 Å². The summed E-state index contributed by atoms with van der Waals surface area (Å²) in [6.45, 7) is 2.04. The fourth-order valence-electron chi connectivity index (χ4n) is 2.34. The molecule has 0 aliphatic heterocycles. The third-order valence-corrected chi connectivity index (χ3v) is 4.40. The van der Waals surface area contributed by atoms with Crippen LogP contribution in [0.15, 0.2) is 53.5 Å². The van der Waals surface area contributed by atoms with Gasteiger partial charge in [0.05, 0.1) is 21.8 Å². The second kappa shape index (κ2) is 4.49. The maximum Gasteiger partial charge on any atom is 0.281 e. The minimum absolute atomic E-state index is 0.135. The van der Waals surface area contributed by atoms with E-state index in [0.717, 1.165) is 15.6 Å². The topological polar surface area (TPSA) is 47.8 Å². The summed E-state index contributed by atoms with van der Waals surface area (Å²) in [4.78, 5) is 17.1. The Morgan fingerprint density at radius 2 is 2.00 bits per heavy atom. The molecule has 102 valence electrons. The molecule has 2 aromatic heterocycles. The molecule has 2 heterocycles. The van der Waals surface area contributed by atoms with E-state index in [9.17, 15) is 4.79 Å². The number of benzene rings is 2. The van der Waals surface area contributed by atoms with Crippen molar-refractivity contribution in [3.63, 3.8) is 0 Å². The number of thiazole rings is 1. The largest absolute Gasteiger partial charge is 0.281 e. The molecule has 0 amide bonds. The molecule has 0 atom stereocenters. The fourth-order valence-corrected chi connectivity index (χ4v) is 3.36. The highest BCUT2D eigenvalue weighted by Gasteiger charge is 2.10. The highest BCUT2D eigenvalue weighted by molar-refractivity contribution is 7.20. The summed E-state index contributed by atoms with van der Waals surface area (Å²) in [5, 5.41) is 6.35. The molecule has 4 nitrogen and oxygen atoms in total. The van der Waals surface area contributed by atoms with E-state index in [2.05, 4.69) is 16.1 Å². The van der Waals surface area contributed by atoms with Crippen LogP contribution in [0.25, 0.3) is 26.1 Å². The molecule has 0 fully saturated rings.